The molecule has 1 saturated heterocycles. The lowest BCUT2D eigenvalue weighted by Crippen LogP contribution is -2.42. The van der Waals surface area contributed by atoms with Gasteiger partial charge in [-0.2, -0.15) is 5.10 Å². The van der Waals surface area contributed by atoms with Gasteiger partial charge in [0.2, 0.25) is 11.9 Å². The third-order valence-corrected chi connectivity index (χ3v) is 4.95. The highest BCUT2D eigenvalue weighted by atomic mass is 35.5. The van der Waals surface area contributed by atoms with Crippen molar-refractivity contribution in [3.8, 4) is 0 Å². The van der Waals surface area contributed by atoms with Crippen LogP contribution in [-0.2, 0) is 11.8 Å². The molecule has 8 heteroatoms. The number of hydrogen-bond donors (Lipinski definition) is 1. The van der Waals surface area contributed by atoms with Gasteiger partial charge >= 0.3 is 0 Å². The molecule has 0 saturated carbocycles. The summed E-state index contributed by atoms with van der Waals surface area (Å²) in [4.78, 5) is 22.8. The van der Waals surface area contributed by atoms with Crippen molar-refractivity contribution < 1.29 is 4.79 Å². The fourth-order valence-corrected chi connectivity index (χ4v) is 3.62. The van der Waals surface area contributed by atoms with Gasteiger partial charge in [0.25, 0.3) is 0 Å². The maximum atomic E-state index is 12.6. The number of hydrogen-bond acceptors (Lipinski definition) is 5. The first-order chi connectivity index (χ1) is 11.5. The van der Waals surface area contributed by atoms with Gasteiger partial charge in [-0.3, -0.25) is 19.7 Å². The Bertz CT molecular complexity index is 732. The van der Waals surface area contributed by atoms with E-state index < -0.39 is 0 Å². The number of carbonyl (C=O) groups excluding carboxylic acids is 1. The molecule has 3 heterocycles. The van der Waals surface area contributed by atoms with Crippen LogP contribution in [0.3, 0.4) is 0 Å². The van der Waals surface area contributed by atoms with Gasteiger partial charge in [-0.15, -0.1) is 0 Å². The standard InChI is InChI=1S/C16H21ClN6O/c1-10-13(14(17)22(3)21-10)12-6-4-9-23(12)11(2)15(24)20-16-18-7-5-8-19-16/h5,7-8,11-12H,4,6,9H2,1-3H3,(H,18,19,20,24)/t11-,12+/m1/s1. The van der Waals surface area contributed by atoms with Crippen LogP contribution in [-0.4, -0.2) is 43.1 Å². The first-order valence-electron chi connectivity index (χ1n) is 8.01. The lowest BCUT2D eigenvalue weighted by atomic mass is 10.0. The van der Waals surface area contributed by atoms with Crippen LogP contribution in [0.1, 0.15) is 37.1 Å². The summed E-state index contributed by atoms with van der Waals surface area (Å²) in [7, 11) is 1.83. The van der Waals surface area contributed by atoms with Crippen LogP contribution in [0.2, 0.25) is 5.15 Å². The van der Waals surface area contributed by atoms with E-state index >= 15 is 0 Å². The van der Waals surface area contributed by atoms with Crippen LogP contribution >= 0.6 is 11.6 Å². The van der Waals surface area contributed by atoms with E-state index in [-0.39, 0.29) is 18.0 Å². The van der Waals surface area contributed by atoms with Crippen LogP contribution in [0, 0.1) is 6.92 Å². The number of nitrogens with one attached hydrogen (secondary N) is 1. The first-order valence-corrected chi connectivity index (χ1v) is 8.39. The van der Waals surface area contributed by atoms with Gasteiger partial charge in [0.15, 0.2) is 0 Å². The molecule has 0 spiro atoms. The van der Waals surface area contributed by atoms with E-state index in [1.54, 1.807) is 23.1 Å². The summed E-state index contributed by atoms with van der Waals surface area (Å²) in [5.74, 6) is 0.200. The number of halogens is 1. The van der Waals surface area contributed by atoms with Crippen molar-refractivity contribution in [2.75, 3.05) is 11.9 Å². The molecule has 128 valence electrons. The zero-order valence-electron chi connectivity index (χ0n) is 14.0. The minimum Gasteiger partial charge on any atom is -0.293 e. The Morgan fingerprint density at radius 2 is 2.12 bits per heavy atom. The summed E-state index contributed by atoms with van der Waals surface area (Å²) in [6, 6.07) is 1.50. The second-order valence-corrected chi connectivity index (χ2v) is 6.40. The summed E-state index contributed by atoms with van der Waals surface area (Å²) in [5, 5.41) is 7.81. The number of anilines is 1. The number of amides is 1. The topological polar surface area (TPSA) is 75.9 Å². The molecule has 0 radical (unpaired) electrons. The summed E-state index contributed by atoms with van der Waals surface area (Å²) < 4.78 is 1.69. The van der Waals surface area contributed by atoms with Crippen LogP contribution in [0.25, 0.3) is 0 Å². The van der Waals surface area contributed by atoms with E-state index in [4.69, 9.17) is 11.6 Å². The number of aryl methyl sites for hydroxylation is 2. The molecule has 24 heavy (non-hydrogen) atoms. The summed E-state index contributed by atoms with van der Waals surface area (Å²) in [5.41, 5.74) is 1.94. The van der Waals surface area contributed by atoms with Crippen molar-refractivity contribution >= 4 is 23.5 Å². The molecular weight excluding hydrogens is 328 g/mol. The Hall–Kier alpha value is -1.99. The Kier molecular flexibility index (Phi) is 4.82. The molecule has 2 aromatic heterocycles. The Morgan fingerprint density at radius 3 is 2.75 bits per heavy atom. The van der Waals surface area contributed by atoms with E-state index in [1.807, 2.05) is 20.9 Å². The number of carbonyl (C=O) groups is 1. The van der Waals surface area contributed by atoms with Gasteiger partial charge in [0.05, 0.1) is 11.7 Å². The second-order valence-electron chi connectivity index (χ2n) is 6.05. The highest BCUT2D eigenvalue weighted by Gasteiger charge is 2.36. The van der Waals surface area contributed by atoms with E-state index in [0.29, 0.717) is 11.1 Å². The maximum Gasteiger partial charge on any atom is 0.243 e. The van der Waals surface area contributed by atoms with E-state index in [2.05, 4.69) is 25.3 Å². The van der Waals surface area contributed by atoms with Crippen molar-refractivity contribution in [1.82, 2.24) is 24.6 Å². The van der Waals surface area contributed by atoms with Crippen molar-refractivity contribution in [2.45, 2.75) is 38.8 Å². The first kappa shape index (κ1) is 16.9. The van der Waals surface area contributed by atoms with E-state index in [1.165, 1.54) is 0 Å². The molecule has 2 atom stereocenters. The molecular formula is C16H21ClN6O. The molecule has 0 aromatic carbocycles. The third kappa shape index (κ3) is 3.14. The maximum absolute atomic E-state index is 12.6. The van der Waals surface area contributed by atoms with Gasteiger partial charge in [-0.05, 0) is 39.3 Å². The van der Waals surface area contributed by atoms with Gasteiger partial charge < -0.3 is 0 Å². The molecule has 7 nitrogen and oxygen atoms in total. The third-order valence-electron chi connectivity index (χ3n) is 4.50. The zero-order chi connectivity index (χ0) is 17.3. The average molecular weight is 349 g/mol. The zero-order valence-corrected chi connectivity index (χ0v) is 14.8. The van der Waals surface area contributed by atoms with Crippen LogP contribution in [0.5, 0.6) is 0 Å². The molecule has 1 amide bonds. The van der Waals surface area contributed by atoms with Crippen LogP contribution in [0.4, 0.5) is 5.95 Å². The Morgan fingerprint density at radius 1 is 1.42 bits per heavy atom. The Balaban J connectivity index is 1.78. The molecule has 0 bridgehead atoms. The van der Waals surface area contributed by atoms with E-state index in [0.717, 1.165) is 30.6 Å². The van der Waals surface area contributed by atoms with Gasteiger partial charge in [-0.25, -0.2) is 9.97 Å². The fraction of sp³-hybridized carbons (Fsp3) is 0.500. The quantitative estimate of drug-likeness (QED) is 0.917. The normalized spacial score (nSPS) is 19.4. The molecule has 1 aliphatic rings. The molecule has 1 aliphatic heterocycles. The van der Waals surface area contributed by atoms with Crippen LogP contribution < -0.4 is 5.32 Å². The lowest BCUT2D eigenvalue weighted by molar-refractivity contribution is -0.121. The van der Waals surface area contributed by atoms with E-state index in [9.17, 15) is 4.79 Å². The SMILES string of the molecule is Cc1nn(C)c(Cl)c1[C@@H]1CCCN1[C@H](C)C(=O)Nc1ncccn1. The van der Waals surface area contributed by atoms with Gasteiger partial charge in [-0.1, -0.05) is 11.6 Å². The number of rotatable bonds is 4. The summed E-state index contributed by atoms with van der Waals surface area (Å²) in [6.07, 6.45) is 5.19. The minimum atomic E-state index is -0.308. The minimum absolute atomic E-state index is 0.101. The van der Waals surface area contributed by atoms with Crippen molar-refractivity contribution in [3.05, 3.63) is 34.9 Å². The van der Waals surface area contributed by atoms with Gasteiger partial charge in [0.1, 0.15) is 5.15 Å². The molecule has 3 rings (SSSR count). The number of aromatic nitrogens is 4. The van der Waals surface area contributed by atoms with Crippen molar-refractivity contribution in [2.24, 2.45) is 7.05 Å². The second kappa shape index (κ2) is 6.86. The smallest absolute Gasteiger partial charge is 0.243 e. The molecule has 0 aliphatic carbocycles. The highest BCUT2D eigenvalue weighted by molar-refractivity contribution is 6.30. The molecule has 1 fully saturated rings. The molecule has 1 N–H and O–H groups in total. The average Bonchev–Trinajstić information content (AvgIpc) is 3.12. The lowest BCUT2D eigenvalue weighted by Gasteiger charge is -2.29. The molecule has 2 aromatic rings. The number of likely N-dealkylation sites (tertiary alicyclic amines) is 1. The summed E-state index contributed by atoms with van der Waals surface area (Å²) >= 11 is 6.43. The van der Waals surface area contributed by atoms with Crippen molar-refractivity contribution in [1.29, 1.82) is 0 Å². The molecule has 0 unspecified atom stereocenters. The summed E-state index contributed by atoms with van der Waals surface area (Å²) in [6.45, 7) is 4.70. The predicted molar refractivity (Wildman–Crippen MR) is 91.8 cm³/mol. The van der Waals surface area contributed by atoms with Crippen molar-refractivity contribution in [3.63, 3.8) is 0 Å². The predicted octanol–water partition coefficient (Wildman–Crippen LogP) is 2.34. The highest BCUT2D eigenvalue weighted by Crippen LogP contribution is 2.38. The fourth-order valence-electron chi connectivity index (χ4n) is 3.32. The Labute approximate surface area is 146 Å². The van der Waals surface area contributed by atoms with Crippen LogP contribution in [0.15, 0.2) is 18.5 Å². The monoisotopic (exact) mass is 348 g/mol. The van der Waals surface area contributed by atoms with Gasteiger partial charge in [0, 0.05) is 31.0 Å². The number of nitrogens with zero attached hydrogens (tertiary/aromatic N) is 5. The largest absolute Gasteiger partial charge is 0.293 e.